The van der Waals surface area contributed by atoms with Crippen molar-refractivity contribution in [2.45, 2.75) is 32.0 Å². The third kappa shape index (κ3) is 0.953. The summed E-state index contributed by atoms with van der Waals surface area (Å²) >= 11 is 0. The van der Waals surface area contributed by atoms with Crippen LogP contribution < -0.4 is 0 Å². The normalized spacial score (nSPS) is 35.6. The third-order valence-electron chi connectivity index (χ3n) is 2.21. The molecule has 0 aromatic rings. The molecule has 2 heteroatoms. The average Bonchev–Trinajstić information content (AvgIpc) is 1.86. The zero-order valence-corrected chi connectivity index (χ0v) is 6.90. The second kappa shape index (κ2) is 1.85. The van der Waals surface area contributed by atoms with E-state index in [0.717, 1.165) is 12.1 Å². The predicted molar refractivity (Wildman–Crippen MR) is 37.5 cm³/mol. The first-order valence-electron chi connectivity index (χ1n) is 3.27. The average molecular weight is 130 g/mol. The van der Waals surface area contributed by atoms with E-state index in [-0.39, 0.29) is 0 Å². The smallest absolute Gasteiger partial charge is 0.189 e. The van der Waals surface area contributed by atoms with Crippen LogP contribution in [0.2, 0.25) is 18.6 Å². The summed E-state index contributed by atoms with van der Waals surface area (Å²) in [7, 11) is -1.14. The van der Waals surface area contributed by atoms with Gasteiger partial charge in [-0.25, -0.2) is 0 Å². The fourth-order valence-electron chi connectivity index (χ4n) is 0.989. The van der Waals surface area contributed by atoms with E-state index in [9.17, 15) is 0 Å². The predicted octanol–water partition coefficient (Wildman–Crippen LogP) is 2.00. The van der Waals surface area contributed by atoms with Crippen molar-refractivity contribution in [2.75, 3.05) is 6.61 Å². The molecule has 0 spiro atoms. The molecule has 1 fully saturated rings. The second-order valence-corrected chi connectivity index (χ2v) is 7.62. The van der Waals surface area contributed by atoms with Gasteiger partial charge < -0.3 is 4.43 Å². The lowest BCUT2D eigenvalue weighted by atomic mass is 10.4. The minimum atomic E-state index is -1.14. The molecule has 0 aromatic carbocycles. The van der Waals surface area contributed by atoms with Crippen molar-refractivity contribution in [1.29, 1.82) is 0 Å². The Labute approximate surface area is 52.2 Å². The minimum absolute atomic E-state index is 0.877. The van der Waals surface area contributed by atoms with Gasteiger partial charge in [-0.1, -0.05) is 6.92 Å². The fraction of sp³-hybridized carbons (Fsp3) is 1.00. The van der Waals surface area contributed by atoms with Crippen molar-refractivity contribution in [2.24, 2.45) is 0 Å². The SMILES string of the molecule is CC1CCO[Si]1(C)C. The summed E-state index contributed by atoms with van der Waals surface area (Å²) in [6.45, 7) is 7.91. The summed E-state index contributed by atoms with van der Waals surface area (Å²) in [6.07, 6.45) is 1.29. The first-order valence-corrected chi connectivity index (χ1v) is 6.25. The van der Waals surface area contributed by atoms with Crippen molar-refractivity contribution < 1.29 is 4.43 Å². The van der Waals surface area contributed by atoms with Gasteiger partial charge in [-0.05, 0) is 25.1 Å². The van der Waals surface area contributed by atoms with Crippen LogP contribution in [0.25, 0.3) is 0 Å². The van der Waals surface area contributed by atoms with Gasteiger partial charge in [0.1, 0.15) is 0 Å². The van der Waals surface area contributed by atoms with E-state index in [1.807, 2.05) is 0 Å². The van der Waals surface area contributed by atoms with E-state index >= 15 is 0 Å². The zero-order valence-electron chi connectivity index (χ0n) is 5.90. The molecule has 0 saturated carbocycles. The Balaban J connectivity index is 2.54. The molecule has 0 aromatic heterocycles. The van der Waals surface area contributed by atoms with Gasteiger partial charge >= 0.3 is 0 Å². The third-order valence-corrected chi connectivity index (χ3v) is 5.82. The van der Waals surface area contributed by atoms with Gasteiger partial charge in [0.05, 0.1) is 0 Å². The Morgan fingerprint density at radius 2 is 2.12 bits per heavy atom. The highest BCUT2D eigenvalue weighted by Crippen LogP contribution is 2.31. The molecule has 1 unspecified atom stereocenters. The summed E-state index contributed by atoms with van der Waals surface area (Å²) < 4.78 is 5.59. The molecule has 1 aliphatic heterocycles. The summed E-state index contributed by atoms with van der Waals surface area (Å²) in [6, 6.07) is 0. The monoisotopic (exact) mass is 130 g/mol. The Bertz CT molecular complexity index is 90.5. The van der Waals surface area contributed by atoms with Crippen molar-refractivity contribution in [3.63, 3.8) is 0 Å². The number of rotatable bonds is 0. The van der Waals surface area contributed by atoms with Gasteiger partial charge in [-0.2, -0.15) is 0 Å². The van der Waals surface area contributed by atoms with Crippen LogP contribution in [0.4, 0.5) is 0 Å². The van der Waals surface area contributed by atoms with E-state index in [1.165, 1.54) is 6.42 Å². The van der Waals surface area contributed by atoms with Crippen molar-refractivity contribution >= 4 is 8.32 Å². The molecule has 0 N–H and O–H groups in total. The lowest BCUT2D eigenvalue weighted by Gasteiger charge is -2.17. The standard InChI is InChI=1S/C6H14OSi/c1-6-4-5-7-8(6,2)3/h6H,4-5H2,1-3H3. The molecule has 1 nitrogen and oxygen atoms in total. The van der Waals surface area contributed by atoms with E-state index in [0.29, 0.717) is 0 Å². The molecule has 1 heterocycles. The topological polar surface area (TPSA) is 9.23 Å². The largest absolute Gasteiger partial charge is 0.417 e. The maximum absolute atomic E-state index is 5.59. The lowest BCUT2D eigenvalue weighted by molar-refractivity contribution is 0.350. The van der Waals surface area contributed by atoms with Crippen LogP contribution in [0.3, 0.4) is 0 Å². The van der Waals surface area contributed by atoms with Gasteiger partial charge in [0.15, 0.2) is 8.32 Å². The highest BCUT2D eigenvalue weighted by Gasteiger charge is 2.34. The summed E-state index contributed by atoms with van der Waals surface area (Å²) in [5.74, 6) is 0. The van der Waals surface area contributed by atoms with Crippen molar-refractivity contribution in [3.05, 3.63) is 0 Å². The fourth-order valence-corrected chi connectivity index (χ4v) is 2.73. The van der Waals surface area contributed by atoms with Crippen LogP contribution in [-0.2, 0) is 4.43 Å². The number of hydrogen-bond donors (Lipinski definition) is 0. The molecule has 0 amide bonds. The second-order valence-electron chi connectivity index (χ2n) is 3.14. The molecule has 0 radical (unpaired) electrons. The number of hydrogen-bond acceptors (Lipinski definition) is 1. The first-order chi connectivity index (χ1) is 3.63. The van der Waals surface area contributed by atoms with E-state index in [2.05, 4.69) is 20.0 Å². The van der Waals surface area contributed by atoms with Gasteiger partial charge in [-0.15, -0.1) is 0 Å². The highest BCUT2D eigenvalue weighted by atomic mass is 28.4. The van der Waals surface area contributed by atoms with Crippen LogP contribution in [0.1, 0.15) is 13.3 Å². The lowest BCUT2D eigenvalue weighted by Crippen LogP contribution is -2.27. The highest BCUT2D eigenvalue weighted by molar-refractivity contribution is 6.73. The van der Waals surface area contributed by atoms with Crippen LogP contribution in [-0.4, -0.2) is 14.9 Å². The zero-order chi connectivity index (χ0) is 6.20. The van der Waals surface area contributed by atoms with E-state index in [4.69, 9.17) is 4.43 Å². The van der Waals surface area contributed by atoms with Crippen molar-refractivity contribution in [3.8, 4) is 0 Å². The van der Waals surface area contributed by atoms with E-state index < -0.39 is 8.32 Å². The van der Waals surface area contributed by atoms with Crippen LogP contribution in [0.5, 0.6) is 0 Å². The summed E-state index contributed by atoms with van der Waals surface area (Å²) in [5, 5.41) is 0. The molecule has 1 atom stereocenters. The molecule has 1 aliphatic rings. The van der Waals surface area contributed by atoms with Crippen LogP contribution in [0, 0.1) is 0 Å². The maximum atomic E-state index is 5.59. The molecule has 0 bridgehead atoms. The minimum Gasteiger partial charge on any atom is -0.417 e. The van der Waals surface area contributed by atoms with Gasteiger partial charge in [-0.3, -0.25) is 0 Å². The molecule has 8 heavy (non-hydrogen) atoms. The van der Waals surface area contributed by atoms with Crippen molar-refractivity contribution in [1.82, 2.24) is 0 Å². The Kier molecular flexibility index (Phi) is 1.45. The van der Waals surface area contributed by atoms with E-state index in [1.54, 1.807) is 0 Å². The molecule has 48 valence electrons. The van der Waals surface area contributed by atoms with Crippen LogP contribution in [0.15, 0.2) is 0 Å². The molecule has 1 saturated heterocycles. The first kappa shape index (κ1) is 6.30. The molecular formula is C6H14OSi. The molecule has 1 rings (SSSR count). The Hall–Kier alpha value is 0.177. The van der Waals surface area contributed by atoms with Gasteiger partial charge in [0.2, 0.25) is 0 Å². The quantitative estimate of drug-likeness (QED) is 0.456. The Morgan fingerprint density at radius 1 is 1.50 bits per heavy atom. The Morgan fingerprint density at radius 3 is 2.25 bits per heavy atom. The molecular weight excluding hydrogens is 116 g/mol. The summed E-state index contributed by atoms with van der Waals surface area (Å²) in [5.41, 5.74) is 0.877. The summed E-state index contributed by atoms with van der Waals surface area (Å²) in [4.78, 5) is 0. The maximum Gasteiger partial charge on any atom is 0.189 e. The van der Waals surface area contributed by atoms with Crippen LogP contribution >= 0.6 is 0 Å². The molecule has 0 aliphatic carbocycles. The van der Waals surface area contributed by atoms with Gasteiger partial charge in [0, 0.05) is 6.61 Å². The van der Waals surface area contributed by atoms with Gasteiger partial charge in [0.25, 0.3) is 0 Å².